The SMILES string of the molecule is [Ag].[Co].[Cr].[Ni]. The van der Waals surface area contributed by atoms with Crippen LogP contribution in [0.4, 0.5) is 0 Å². The molecule has 0 spiro atoms. The van der Waals surface area contributed by atoms with E-state index >= 15 is 0 Å². The first-order chi connectivity index (χ1) is 0. The van der Waals surface area contributed by atoms with Gasteiger partial charge in [0, 0.05) is 73.0 Å². The van der Waals surface area contributed by atoms with Gasteiger partial charge in [0.25, 0.3) is 0 Å². The zero-order valence-corrected chi connectivity index (χ0v) is 6.15. The molecule has 0 aromatic rings. The maximum Gasteiger partial charge on any atom is 0 e. The van der Waals surface area contributed by atoms with Gasteiger partial charge in [-0.25, -0.2) is 0 Å². The molecule has 0 aromatic carbocycles. The molecule has 0 unspecified atom stereocenters. The maximum atomic E-state index is 0. The summed E-state index contributed by atoms with van der Waals surface area (Å²) in [5.74, 6) is 0. The van der Waals surface area contributed by atoms with Crippen LogP contribution in [0.3, 0.4) is 0 Å². The van der Waals surface area contributed by atoms with Gasteiger partial charge < -0.3 is 0 Å². The summed E-state index contributed by atoms with van der Waals surface area (Å²) in [4.78, 5) is 0. The molecule has 4 heteroatoms. The van der Waals surface area contributed by atoms with Crippen LogP contribution in [0.15, 0.2) is 0 Å². The predicted molar refractivity (Wildman–Crippen MR) is 0 cm³/mol. The molecule has 0 saturated heterocycles. The third-order valence-corrected chi connectivity index (χ3v) is 0. The summed E-state index contributed by atoms with van der Waals surface area (Å²) in [5, 5.41) is 0. The van der Waals surface area contributed by atoms with Crippen molar-refractivity contribution in [1.29, 1.82) is 0 Å². The molecule has 0 aliphatic carbocycles. The Morgan fingerprint density at radius 3 is 1.00 bits per heavy atom. The molecule has 0 amide bonds. The van der Waals surface area contributed by atoms with Crippen molar-refractivity contribution in [3.05, 3.63) is 0 Å². The van der Waals surface area contributed by atoms with Crippen LogP contribution in [0, 0.1) is 0 Å². The largest absolute Gasteiger partial charge is 0 e. The van der Waals surface area contributed by atoms with Gasteiger partial charge in [-0.1, -0.05) is 0 Å². The van der Waals surface area contributed by atoms with Gasteiger partial charge in [0.05, 0.1) is 0 Å². The number of hydrogen-bond donors (Lipinski definition) is 0. The zero-order valence-electron chi connectivity index (χ0n) is 1.36. The third kappa shape index (κ3) is 8.86. The number of hydrogen-bond acceptors (Lipinski definition) is 0. The van der Waals surface area contributed by atoms with E-state index in [9.17, 15) is 0 Å². The van der Waals surface area contributed by atoms with E-state index in [0.29, 0.717) is 0 Å². The first-order valence-electron chi connectivity index (χ1n) is 0. The van der Waals surface area contributed by atoms with Crippen molar-refractivity contribution in [2.24, 2.45) is 0 Å². The van der Waals surface area contributed by atoms with Crippen molar-refractivity contribution in [1.82, 2.24) is 0 Å². The molecule has 0 nitrogen and oxygen atoms in total. The molecule has 0 N–H and O–H groups in total. The van der Waals surface area contributed by atoms with Crippen molar-refractivity contribution in [3.63, 3.8) is 0 Å². The van der Waals surface area contributed by atoms with Gasteiger partial charge in [-0.2, -0.15) is 0 Å². The zero-order chi connectivity index (χ0) is 0. The summed E-state index contributed by atoms with van der Waals surface area (Å²) >= 11 is 0. The molecule has 0 heterocycles. The van der Waals surface area contributed by atoms with Crippen molar-refractivity contribution >= 4 is 0 Å². The molecule has 0 aromatic heterocycles. The Morgan fingerprint density at radius 2 is 1.00 bits per heavy atom. The monoisotopic (exact) mass is 276 g/mol. The normalized spacial score (nSPS) is 0. The van der Waals surface area contributed by atoms with Crippen molar-refractivity contribution in [3.8, 4) is 0 Å². The first-order valence-corrected chi connectivity index (χ1v) is 0. The summed E-state index contributed by atoms with van der Waals surface area (Å²) in [6.07, 6.45) is 0. The van der Waals surface area contributed by atoms with E-state index in [4.69, 9.17) is 0 Å². The molecule has 0 aliphatic rings. The molecule has 0 rings (SSSR count). The van der Waals surface area contributed by atoms with Crippen molar-refractivity contribution in [2.45, 2.75) is 0 Å². The van der Waals surface area contributed by atoms with Crippen LogP contribution in [0.2, 0.25) is 0 Å². The van der Waals surface area contributed by atoms with Crippen LogP contribution in [-0.2, 0) is 73.0 Å². The Morgan fingerprint density at radius 1 is 1.00 bits per heavy atom. The first kappa shape index (κ1) is 33.8. The topological polar surface area (TPSA) is 0 Å². The molecule has 0 saturated carbocycles. The van der Waals surface area contributed by atoms with Gasteiger partial charge in [0.2, 0.25) is 0 Å². The Kier molecular flexibility index (Phi) is 157. The smallest absolute Gasteiger partial charge is 0 e. The molecule has 2 radical (unpaired) electrons. The van der Waals surface area contributed by atoms with Crippen LogP contribution in [-0.4, -0.2) is 0 Å². The second-order valence-electron chi connectivity index (χ2n) is 0. The van der Waals surface area contributed by atoms with Gasteiger partial charge >= 0.3 is 0 Å². The van der Waals surface area contributed by atoms with Gasteiger partial charge in [0.15, 0.2) is 0 Å². The summed E-state index contributed by atoms with van der Waals surface area (Å²) < 4.78 is 0. The van der Waals surface area contributed by atoms with E-state index in [1.807, 2.05) is 0 Å². The Balaban J connectivity index is 0. The quantitative estimate of drug-likeness (QED) is 0.547. The average molecular weight is 277 g/mol. The third-order valence-electron chi connectivity index (χ3n) is 0. The molecule has 4 heavy (non-hydrogen) atoms. The van der Waals surface area contributed by atoms with Crippen molar-refractivity contribution < 1.29 is 73.0 Å². The summed E-state index contributed by atoms with van der Waals surface area (Å²) in [5.41, 5.74) is 0. The van der Waals surface area contributed by atoms with Crippen LogP contribution >= 0.6 is 0 Å². The predicted octanol–water partition coefficient (Wildman–Crippen LogP) is -0.0100. The van der Waals surface area contributed by atoms with Crippen LogP contribution in [0.5, 0.6) is 0 Å². The molecular formula is AgCoCrNi. The van der Waals surface area contributed by atoms with E-state index < -0.39 is 0 Å². The standard InChI is InChI=1S/Ag.Co.Cr.Ni. The summed E-state index contributed by atoms with van der Waals surface area (Å²) in [6, 6.07) is 0. The van der Waals surface area contributed by atoms with Gasteiger partial charge in [-0.15, -0.1) is 0 Å². The van der Waals surface area contributed by atoms with E-state index in [2.05, 4.69) is 0 Å². The fourth-order valence-corrected chi connectivity index (χ4v) is 0. The molecule has 0 atom stereocenters. The molecule has 0 bridgehead atoms. The van der Waals surface area contributed by atoms with Gasteiger partial charge in [-0.05, 0) is 0 Å². The fraction of sp³-hybridized carbons (Fsp3) is 0. The van der Waals surface area contributed by atoms with E-state index in [0.717, 1.165) is 0 Å². The van der Waals surface area contributed by atoms with Gasteiger partial charge in [-0.3, -0.25) is 0 Å². The van der Waals surface area contributed by atoms with Gasteiger partial charge in [0.1, 0.15) is 0 Å². The fourth-order valence-electron chi connectivity index (χ4n) is 0. The minimum atomic E-state index is 0. The van der Waals surface area contributed by atoms with Crippen LogP contribution in [0.25, 0.3) is 0 Å². The molecule has 0 fully saturated rings. The Bertz CT molecular complexity index is 8.00. The molecular weight excluding hydrogens is 277 g/mol. The van der Waals surface area contributed by atoms with E-state index in [1.54, 1.807) is 0 Å². The minimum Gasteiger partial charge on any atom is 0 e. The number of rotatable bonds is 0. The minimum absolute atomic E-state index is 0. The Hall–Kier alpha value is 2.27. The average Bonchev–Trinajstić information content (AvgIpc) is 0. The second-order valence-corrected chi connectivity index (χ2v) is 0. The second kappa shape index (κ2) is 18.6. The van der Waals surface area contributed by atoms with Crippen LogP contribution in [0.1, 0.15) is 0 Å². The van der Waals surface area contributed by atoms with Crippen molar-refractivity contribution in [2.75, 3.05) is 0 Å². The maximum absolute atomic E-state index is 0. The summed E-state index contributed by atoms with van der Waals surface area (Å²) in [7, 11) is 0. The summed E-state index contributed by atoms with van der Waals surface area (Å²) in [6.45, 7) is 0. The Labute approximate surface area is 72.2 Å². The molecule has 36 valence electrons. The van der Waals surface area contributed by atoms with E-state index in [-0.39, 0.29) is 73.0 Å². The molecule has 0 aliphatic heterocycles. The van der Waals surface area contributed by atoms with E-state index in [1.165, 1.54) is 0 Å². The van der Waals surface area contributed by atoms with Crippen LogP contribution < -0.4 is 0 Å².